The molecule has 1 aromatic heterocycles. The second kappa shape index (κ2) is 7.76. The van der Waals surface area contributed by atoms with Gasteiger partial charge in [-0.3, -0.25) is 10.1 Å². The number of nitro benzene ring substituents is 1. The standard InChI is InChI=1S/C20H14N4O5S/c1-11-10-30-20(21-11)23-15-7-4-13(9-17(15)24(27)28)18-22-16(19(26)29-18)8-12-2-5-14(25)6-3-12/h2-10,25H,1H3,(H,21,23)/b16-8+. The number of hydrogen-bond acceptors (Lipinski definition) is 9. The number of aromatic hydroxyl groups is 1. The van der Waals surface area contributed by atoms with Gasteiger partial charge >= 0.3 is 5.97 Å². The minimum absolute atomic E-state index is 0.0234. The van der Waals surface area contributed by atoms with Gasteiger partial charge in [-0.25, -0.2) is 14.8 Å². The van der Waals surface area contributed by atoms with E-state index in [9.17, 15) is 20.0 Å². The molecular weight excluding hydrogens is 408 g/mol. The van der Waals surface area contributed by atoms with E-state index in [1.165, 1.54) is 41.7 Å². The van der Waals surface area contributed by atoms with E-state index in [0.717, 1.165) is 5.69 Å². The van der Waals surface area contributed by atoms with Gasteiger partial charge in [-0.15, -0.1) is 11.3 Å². The molecule has 4 rings (SSSR count). The Morgan fingerprint density at radius 2 is 2.00 bits per heavy atom. The fourth-order valence-corrected chi connectivity index (χ4v) is 3.41. The Labute approximate surface area is 174 Å². The number of nitro groups is 1. The molecule has 10 heteroatoms. The normalized spacial score (nSPS) is 14.5. The topological polar surface area (TPSA) is 127 Å². The van der Waals surface area contributed by atoms with Crippen molar-refractivity contribution >= 4 is 45.8 Å². The van der Waals surface area contributed by atoms with E-state index in [0.29, 0.717) is 16.3 Å². The smallest absolute Gasteiger partial charge is 0.363 e. The Kier molecular flexibility index (Phi) is 4.98. The van der Waals surface area contributed by atoms with E-state index >= 15 is 0 Å². The van der Waals surface area contributed by atoms with Gasteiger partial charge in [0.05, 0.1) is 10.6 Å². The van der Waals surface area contributed by atoms with Crippen molar-refractivity contribution in [3.63, 3.8) is 0 Å². The van der Waals surface area contributed by atoms with E-state index < -0.39 is 10.9 Å². The molecule has 0 radical (unpaired) electrons. The van der Waals surface area contributed by atoms with Crippen LogP contribution in [-0.4, -0.2) is 26.9 Å². The van der Waals surface area contributed by atoms with Crippen LogP contribution in [0, 0.1) is 17.0 Å². The minimum atomic E-state index is -0.666. The lowest BCUT2D eigenvalue weighted by Crippen LogP contribution is -2.06. The average Bonchev–Trinajstić information content (AvgIpc) is 3.29. The highest BCUT2D eigenvalue weighted by molar-refractivity contribution is 7.13. The summed E-state index contributed by atoms with van der Waals surface area (Å²) in [6, 6.07) is 10.6. The van der Waals surface area contributed by atoms with E-state index in [1.807, 2.05) is 12.3 Å². The summed E-state index contributed by atoms with van der Waals surface area (Å²) in [5.74, 6) is -0.588. The molecule has 1 aliphatic heterocycles. The largest absolute Gasteiger partial charge is 0.508 e. The summed E-state index contributed by atoms with van der Waals surface area (Å²) in [7, 11) is 0. The molecule has 0 atom stereocenters. The number of benzene rings is 2. The Balaban J connectivity index is 1.64. The molecule has 0 spiro atoms. The number of phenolic OH excluding ortho intramolecular Hbond substituents is 1. The summed E-state index contributed by atoms with van der Waals surface area (Å²) < 4.78 is 5.19. The zero-order valence-corrected chi connectivity index (χ0v) is 16.3. The Hall–Kier alpha value is -4.05. The number of aryl methyl sites for hydroxylation is 1. The SMILES string of the molecule is Cc1csc(Nc2ccc(C3=N/C(=C/c4ccc(O)cc4)C(=O)O3)cc2[N+](=O)[O-])n1. The van der Waals surface area contributed by atoms with Crippen LogP contribution in [0.2, 0.25) is 0 Å². The molecule has 0 unspecified atom stereocenters. The van der Waals surface area contributed by atoms with Crippen LogP contribution in [0.25, 0.3) is 6.08 Å². The number of cyclic esters (lactones) is 1. The van der Waals surface area contributed by atoms with Gasteiger partial charge in [0.2, 0.25) is 5.90 Å². The monoisotopic (exact) mass is 422 g/mol. The van der Waals surface area contributed by atoms with Crippen molar-refractivity contribution < 1.29 is 19.6 Å². The third-order valence-electron chi connectivity index (χ3n) is 4.12. The molecule has 30 heavy (non-hydrogen) atoms. The van der Waals surface area contributed by atoms with Crippen molar-refractivity contribution in [3.8, 4) is 5.75 Å². The molecule has 3 aromatic rings. The number of esters is 1. The van der Waals surface area contributed by atoms with Crippen LogP contribution in [0.15, 0.2) is 58.5 Å². The molecule has 150 valence electrons. The molecule has 0 bridgehead atoms. The van der Waals surface area contributed by atoms with Gasteiger partial charge < -0.3 is 15.2 Å². The third-order valence-corrected chi connectivity index (χ3v) is 4.99. The molecule has 0 fully saturated rings. The number of nitrogens with one attached hydrogen (secondary N) is 1. The average molecular weight is 422 g/mol. The molecule has 0 saturated heterocycles. The Morgan fingerprint density at radius 3 is 2.67 bits per heavy atom. The molecule has 1 aliphatic rings. The quantitative estimate of drug-likeness (QED) is 0.274. The van der Waals surface area contributed by atoms with Gasteiger partial charge in [0.1, 0.15) is 11.4 Å². The molecular formula is C20H14N4O5S. The van der Waals surface area contributed by atoms with Crippen LogP contribution in [0.1, 0.15) is 16.8 Å². The Morgan fingerprint density at radius 1 is 1.23 bits per heavy atom. The molecule has 2 N–H and O–H groups in total. The number of nitrogens with zero attached hydrogens (tertiary/aromatic N) is 3. The van der Waals surface area contributed by atoms with Crippen LogP contribution in [0.5, 0.6) is 5.75 Å². The number of carbonyl (C=O) groups is 1. The lowest BCUT2D eigenvalue weighted by atomic mass is 10.1. The molecule has 2 heterocycles. The van der Waals surface area contributed by atoms with Crippen LogP contribution in [0.4, 0.5) is 16.5 Å². The molecule has 0 aliphatic carbocycles. The number of anilines is 2. The summed E-state index contributed by atoms with van der Waals surface area (Å²) in [6.07, 6.45) is 1.50. The minimum Gasteiger partial charge on any atom is -0.508 e. The second-order valence-corrected chi connectivity index (χ2v) is 7.19. The number of carbonyl (C=O) groups excluding carboxylic acids is 1. The first kappa shape index (κ1) is 19.3. The highest BCUT2D eigenvalue weighted by Gasteiger charge is 2.26. The number of thiazole rings is 1. The van der Waals surface area contributed by atoms with Crippen molar-refractivity contribution in [1.29, 1.82) is 0 Å². The highest BCUT2D eigenvalue weighted by atomic mass is 32.1. The number of aliphatic imine (C=N–C) groups is 1. The summed E-state index contributed by atoms with van der Waals surface area (Å²) in [5.41, 5.74) is 1.87. The summed E-state index contributed by atoms with van der Waals surface area (Å²) >= 11 is 1.34. The van der Waals surface area contributed by atoms with Crippen LogP contribution < -0.4 is 5.32 Å². The fourth-order valence-electron chi connectivity index (χ4n) is 2.71. The van der Waals surface area contributed by atoms with E-state index in [1.54, 1.807) is 18.2 Å². The summed E-state index contributed by atoms with van der Waals surface area (Å²) in [5, 5.41) is 26.2. The molecule has 9 nitrogen and oxygen atoms in total. The van der Waals surface area contributed by atoms with Crippen LogP contribution in [0.3, 0.4) is 0 Å². The fraction of sp³-hybridized carbons (Fsp3) is 0.0500. The molecule has 2 aromatic carbocycles. The maximum atomic E-state index is 12.2. The number of ether oxygens (including phenoxy) is 1. The lowest BCUT2D eigenvalue weighted by molar-refractivity contribution is -0.383. The van der Waals surface area contributed by atoms with Crippen molar-refractivity contribution in [2.45, 2.75) is 6.92 Å². The van der Waals surface area contributed by atoms with Gasteiger partial charge in [0.25, 0.3) is 5.69 Å². The van der Waals surface area contributed by atoms with Gasteiger partial charge in [-0.1, -0.05) is 12.1 Å². The third kappa shape index (κ3) is 4.03. The Bertz CT molecular complexity index is 1210. The van der Waals surface area contributed by atoms with Gasteiger partial charge in [-0.2, -0.15) is 0 Å². The van der Waals surface area contributed by atoms with Gasteiger partial charge in [0.15, 0.2) is 10.8 Å². The van der Waals surface area contributed by atoms with Crippen LogP contribution >= 0.6 is 11.3 Å². The maximum Gasteiger partial charge on any atom is 0.363 e. The zero-order chi connectivity index (χ0) is 21.3. The van der Waals surface area contributed by atoms with E-state index in [4.69, 9.17) is 4.74 Å². The predicted molar refractivity (Wildman–Crippen MR) is 112 cm³/mol. The number of rotatable bonds is 5. The number of aromatic nitrogens is 1. The number of hydrogen-bond donors (Lipinski definition) is 2. The van der Waals surface area contributed by atoms with Crippen molar-refractivity contribution in [3.05, 3.63) is 80.5 Å². The van der Waals surface area contributed by atoms with Gasteiger partial charge in [0, 0.05) is 17.0 Å². The van der Waals surface area contributed by atoms with Crippen molar-refractivity contribution in [1.82, 2.24) is 4.98 Å². The first-order chi connectivity index (χ1) is 14.4. The van der Waals surface area contributed by atoms with Gasteiger partial charge in [-0.05, 0) is 42.8 Å². The van der Waals surface area contributed by atoms with Crippen molar-refractivity contribution in [2.75, 3.05) is 5.32 Å². The maximum absolute atomic E-state index is 12.2. The highest BCUT2D eigenvalue weighted by Crippen LogP contribution is 2.31. The van der Waals surface area contributed by atoms with E-state index in [2.05, 4.69) is 15.3 Å². The predicted octanol–water partition coefficient (Wildman–Crippen LogP) is 4.15. The van der Waals surface area contributed by atoms with Crippen molar-refractivity contribution in [2.24, 2.45) is 4.99 Å². The summed E-state index contributed by atoms with van der Waals surface area (Å²) in [4.78, 5) is 31.6. The zero-order valence-electron chi connectivity index (χ0n) is 15.5. The first-order valence-electron chi connectivity index (χ1n) is 8.68. The lowest BCUT2D eigenvalue weighted by Gasteiger charge is -2.06. The summed E-state index contributed by atoms with van der Waals surface area (Å²) in [6.45, 7) is 1.83. The van der Waals surface area contributed by atoms with E-state index in [-0.39, 0.29) is 28.7 Å². The van der Waals surface area contributed by atoms with Crippen LogP contribution in [-0.2, 0) is 9.53 Å². The molecule has 0 amide bonds. The second-order valence-electron chi connectivity index (χ2n) is 6.34. The first-order valence-corrected chi connectivity index (χ1v) is 9.56. The number of phenols is 1. The molecule has 0 saturated carbocycles.